The maximum atomic E-state index is 12.8. The zero-order chi connectivity index (χ0) is 21.9. The van der Waals surface area contributed by atoms with E-state index >= 15 is 0 Å². The Morgan fingerprint density at radius 2 is 1.93 bits per heavy atom. The fourth-order valence-corrected chi connectivity index (χ4v) is 3.80. The lowest BCUT2D eigenvalue weighted by Gasteiger charge is -2.17. The van der Waals surface area contributed by atoms with Crippen LogP contribution >= 0.6 is 35.0 Å². The van der Waals surface area contributed by atoms with Gasteiger partial charge in [-0.15, -0.1) is 24.6 Å². The van der Waals surface area contributed by atoms with Gasteiger partial charge in [-0.1, -0.05) is 47.2 Å². The minimum absolute atomic E-state index is 0.144. The number of hydrogen-bond acceptors (Lipinski definition) is 4. The molecule has 1 unspecified atom stereocenters. The molecule has 4 nitrogen and oxygen atoms in total. The van der Waals surface area contributed by atoms with Crippen LogP contribution in [0.25, 0.3) is 0 Å². The first-order chi connectivity index (χ1) is 14.5. The molecule has 0 heterocycles. The van der Waals surface area contributed by atoms with E-state index in [2.05, 4.69) is 17.2 Å². The Kier molecular flexibility index (Phi) is 9.77. The van der Waals surface area contributed by atoms with E-state index in [1.165, 1.54) is 11.8 Å². The summed E-state index contributed by atoms with van der Waals surface area (Å²) in [5, 5.41) is 3.31. The summed E-state index contributed by atoms with van der Waals surface area (Å²) < 4.78 is 10.8. The number of terminal acetylenes is 2. The maximum absolute atomic E-state index is 12.8. The minimum atomic E-state index is -0.482. The van der Waals surface area contributed by atoms with E-state index in [1.54, 1.807) is 31.4 Å². The van der Waals surface area contributed by atoms with Gasteiger partial charge in [-0.2, -0.15) is 0 Å². The van der Waals surface area contributed by atoms with Crippen molar-refractivity contribution in [1.29, 1.82) is 0 Å². The third-order valence-corrected chi connectivity index (χ3v) is 5.96. The molecule has 1 amide bonds. The van der Waals surface area contributed by atoms with Gasteiger partial charge in [0.1, 0.15) is 11.9 Å². The SMILES string of the molecule is C#CCOc1ccc(CCNC(=O)C(SCC#C)c2ccc(Cl)c(Cl)c2)cc1OC. The van der Waals surface area contributed by atoms with Crippen molar-refractivity contribution in [3.8, 4) is 36.2 Å². The molecule has 0 aliphatic rings. The Bertz CT molecular complexity index is 966. The fraction of sp³-hybridized carbons (Fsp3) is 0.261. The van der Waals surface area contributed by atoms with Crippen LogP contribution in [0.3, 0.4) is 0 Å². The van der Waals surface area contributed by atoms with Crippen LogP contribution in [0.4, 0.5) is 0 Å². The first-order valence-corrected chi connectivity index (χ1v) is 10.8. The summed E-state index contributed by atoms with van der Waals surface area (Å²) in [6.45, 7) is 0.609. The van der Waals surface area contributed by atoms with Gasteiger partial charge in [0.2, 0.25) is 5.91 Å². The predicted octanol–water partition coefficient (Wildman–Crippen LogP) is 4.78. The van der Waals surface area contributed by atoms with E-state index < -0.39 is 5.25 Å². The van der Waals surface area contributed by atoms with Crippen molar-refractivity contribution in [3.63, 3.8) is 0 Å². The summed E-state index contributed by atoms with van der Waals surface area (Å²) in [6, 6.07) is 10.7. The van der Waals surface area contributed by atoms with Gasteiger partial charge in [0.15, 0.2) is 11.5 Å². The Labute approximate surface area is 191 Å². The van der Waals surface area contributed by atoms with Gasteiger partial charge in [0.05, 0.1) is 22.9 Å². The number of carbonyl (C=O) groups is 1. The highest BCUT2D eigenvalue weighted by Crippen LogP contribution is 2.33. The predicted molar refractivity (Wildman–Crippen MR) is 125 cm³/mol. The molecule has 0 aliphatic heterocycles. The zero-order valence-electron chi connectivity index (χ0n) is 16.4. The molecule has 0 aliphatic carbocycles. The monoisotopic (exact) mass is 461 g/mol. The molecule has 0 saturated heterocycles. The molecule has 0 spiro atoms. The first-order valence-electron chi connectivity index (χ1n) is 9.01. The quantitative estimate of drug-likeness (QED) is 0.517. The Balaban J connectivity index is 2.02. The van der Waals surface area contributed by atoms with Gasteiger partial charge in [0, 0.05) is 6.54 Å². The lowest BCUT2D eigenvalue weighted by Crippen LogP contribution is -2.30. The van der Waals surface area contributed by atoms with Crippen molar-refractivity contribution in [2.75, 3.05) is 26.0 Å². The molecule has 0 bridgehead atoms. The average molecular weight is 462 g/mol. The Hall–Kier alpha value is -2.44. The van der Waals surface area contributed by atoms with Gasteiger partial charge in [0.25, 0.3) is 0 Å². The molecule has 0 saturated carbocycles. The number of ether oxygens (including phenoxy) is 2. The molecule has 2 aromatic rings. The van der Waals surface area contributed by atoms with Gasteiger partial charge >= 0.3 is 0 Å². The van der Waals surface area contributed by atoms with Gasteiger partial charge in [-0.05, 0) is 41.8 Å². The Morgan fingerprint density at radius 3 is 2.60 bits per heavy atom. The summed E-state index contributed by atoms with van der Waals surface area (Å²) in [5.74, 6) is 6.39. The summed E-state index contributed by atoms with van der Waals surface area (Å²) in [6.07, 6.45) is 11.2. The molecule has 0 radical (unpaired) electrons. The van der Waals surface area contributed by atoms with Crippen LogP contribution in [0.1, 0.15) is 16.4 Å². The van der Waals surface area contributed by atoms with Crippen molar-refractivity contribution in [2.24, 2.45) is 0 Å². The van der Waals surface area contributed by atoms with Crippen LogP contribution in [0.15, 0.2) is 36.4 Å². The van der Waals surface area contributed by atoms with Crippen molar-refractivity contribution in [3.05, 3.63) is 57.6 Å². The highest BCUT2D eigenvalue weighted by Gasteiger charge is 2.21. The van der Waals surface area contributed by atoms with Gasteiger partial charge < -0.3 is 14.8 Å². The topological polar surface area (TPSA) is 47.6 Å². The van der Waals surface area contributed by atoms with Crippen LogP contribution in [-0.4, -0.2) is 31.9 Å². The maximum Gasteiger partial charge on any atom is 0.237 e. The van der Waals surface area contributed by atoms with Crippen LogP contribution in [0, 0.1) is 24.7 Å². The van der Waals surface area contributed by atoms with Gasteiger partial charge in [-0.25, -0.2) is 0 Å². The smallest absolute Gasteiger partial charge is 0.237 e. The number of hydrogen-bond donors (Lipinski definition) is 1. The summed E-state index contributed by atoms with van der Waals surface area (Å²) in [5.41, 5.74) is 1.74. The van der Waals surface area contributed by atoms with Crippen LogP contribution in [0.5, 0.6) is 11.5 Å². The summed E-state index contributed by atoms with van der Waals surface area (Å²) in [4.78, 5) is 12.8. The van der Waals surface area contributed by atoms with Crippen molar-refractivity contribution >= 4 is 40.9 Å². The second kappa shape index (κ2) is 12.3. The van der Waals surface area contributed by atoms with Crippen LogP contribution < -0.4 is 14.8 Å². The van der Waals surface area contributed by atoms with E-state index in [1.807, 2.05) is 12.1 Å². The van der Waals surface area contributed by atoms with E-state index in [4.69, 9.17) is 45.5 Å². The average Bonchev–Trinajstić information content (AvgIpc) is 2.75. The third-order valence-electron chi connectivity index (χ3n) is 4.07. The minimum Gasteiger partial charge on any atom is -0.493 e. The van der Waals surface area contributed by atoms with E-state index in [0.29, 0.717) is 40.3 Å². The van der Waals surface area contributed by atoms with Crippen molar-refractivity contribution in [2.45, 2.75) is 11.7 Å². The number of rotatable bonds is 10. The number of amides is 1. The lowest BCUT2D eigenvalue weighted by molar-refractivity contribution is -0.120. The molecule has 2 aromatic carbocycles. The molecule has 1 atom stereocenters. The van der Waals surface area contributed by atoms with E-state index in [9.17, 15) is 4.79 Å². The fourth-order valence-electron chi connectivity index (χ4n) is 2.66. The molecular formula is C23H21Cl2NO3S. The van der Waals surface area contributed by atoms with Crippen LogP contribution in [0.2, 0.25) is 10.0 Å². The second-order valence-electron chi connectivity index (χ2n) is 6.09. The molecule has 0 fully saturated rings. The summed E-state index contributed by atoms with van der Waals surface area (Å²) in [7, 11) is 1.56. The summed E-state index contributed by atoms with van der Waals surface area (Å²) >= 11 is 13.4. The number of carbonyl (C=O) groups excluding carboxylic acids is 1. The van der Waals surface area contributed by atoms with Crippen molar-refractivity contribution < 1.29 is 14.3 Å². The van der Waals surface area contributed by atoms with Gasteiger partial charge in [-0.3, -0.25) is 4.79 Å². The second-order valence-corrected chi connectivity index (χ2v) is 8.00. The molecule has 2 rings (SSSR count). The molecule has 30 heavy (non-hydrogen) atoms. The number of thioether (sulfide) groups is 1. The number of nitrogens with one attached hydrogen (secondary N) is 1. The van der Waals surface area contributed by atoms with Crippen LogP contribution in [-0.2, 0) is 11.2 Å². The van der Waals surface area contributed by atoms with E-state index in [-0.39, 0.29) is 12.5 Å². The zero-order valence-corrected chi connectivity index (χ0v) is 18.7. The highest BCUT2D eigenvalue weighted by molar-refractivity contribution is 8.00. The third kappa shape index (κ3) is 6.82. The lowest BCUT2D eigenvalue weighted by atomic mass is 10.1. The molecular weight excluding hydrogens is 441 g/mol. The molecule has 156 valence electrons. The largest absolute Gasteiger partial charge is 0.493 e. The van der Waals surface area contributed by atoms with Crippen molar-refractivity contribution in [1.82, 2.24) is 5.32 Å². The van der Waals surface area contributed by atoms with E-state index in [0.717, 1.165) is 11.1 Å². The number of methoxy groups -OCH3 is 1. The standard InChI is InChI=1S/C23H21Cl2NO3S/c1-4-12-29-20-9-6-16(14-21(20)28-3)10-11-26-23(27)22(30-13-5-2)17-7-8-18(24)19(25)15-17/h1-2,6-9,14-15,22H,10-13H2,3H3,(H,26,27). The normalized spacial score (nSPS) is 11.1. The molecule has 1 N–H and O–H groups in total. The first kappa shape index (κ1) is 23.8. The molecule has 0 aromatic heterocycles. The Morgan fingerprint density at radius 1 is 1.13 bits per heavy atom. The highest BCUT2D eigenvalue weighted by atomic mass is 35.5. The molecule has 7 heteroatoms. The number of halogens is 2. The number of benzene rings is 2.